The number of rotatable bonds is 4. The predicted molar refractivity (Wildman–Crippen MR) is 63.5 cm³/mol. The molecule has 0 aliphatic carbocycles. The van der Waals surface area contributed by atoms with Crippen molar-refractivity contribution in [3.05, 3.63) is 35.1 Å². The van der Waals surface area contributed by atoms with Gasteiger partial charge < -0.3 is 4.74 Å². The quantitative estimate of drug-likeness (QED) is 0.859. The first-order valence-corrected chi connectivity index (χ1v) is 6.70. The molecule has 0 fully saturated rings. The highest BCUT2D eigenvalue weighted by Crippen LogP contribution is 2.17. The van der Waals surface area contributed by atoms with Crippen LogP contribution in [0.1, 0.15) is 5.82 Å². The zero-order valence-electron chi connectivity index (χ0n) is 9.00. The number of hydrogen-bond acceptors (Lipinski definition) is 5. The van der Waals surface area contributed by atoms with Gasteiger partial charge in [-0.25, -0.2) is 13.6 Å². The second-order valence-corrected chi connectivity index (χ2v) is 5.25. The van der Waals surface area contributed by atoms with Gasteiger partial charge in [-0.2, -0.15) is 4.98 Å². The lowest BCUT2D eigenvalue weighted by atomic mass is 10.3. The van der Waals surface area contributed by atoms with Crippen molar-refractivity contribution in [2.24, 2.45) is 5.14 Å². The number of halogens is 1. The Kier molecular flexibility index (Phi) is 3.50. The Morgan fingerprint density at radius 1 is 1.44 bits per heavy atom. The van der Waals surface area contributed by atoms with Gasteiger partial charge in [0, 0.05) is 5.02 Å². The van der Waals surface area contributed by atoms with Crippen LogP contribution >= 0.6 is 11.6 Å². The summed E-state index contributed by atoms with van der Waals surface area (Å²) in [6.45, 7) is 0.0306. The van der Waals surface area contributed by atoms with Crippen LogP contribution in [0.15, 0.2) is 29.4 Å². The van der Waals surface area contributed by atoms with Crippen LogP contribution < -0.4 is 9.88 Å². The molecular weight excluding hydrogens is 280 g/mol. The number of nitrogens with zero attached hydrogens (tertiary/aromatic N) is 2. The summed E-state index contributed by atoms with van der Waals surface area (Å²) in [6, 6.07) is 6.77. The third kappa shape index (κ3) is 3.19. The first kappa shape index (κ1) is 12.8. The maximum absolute atomic E-state index is 10.9. The largest absolute Gasteiger partial charge is 0.486 e. The van der Waals surface area contributed by atoms with Crippen LogP contribution in [0.2, 0.25) is 5.02 Å². The number of aromatic amines is 1. The highest BCUT2D eigenvalue weighted by atomic mass is 35.5. The summed E-state index contributed by atoms with van der Waals surface area (Å²) in [4.78, 5) is 3.68. The average molecular weight is 289 g/mol. The smallest absolute Gasteiger partial charge is 0.282 e. The van der Waals surface area contributed by atoms with E-state index < -0.39 is 15.2 Å². The molecule has 0 unspecified atom stereocenters. The van der Waals surface area contributed by atoms with E-state index in [0.717, 1.165) is 0 Å². The number of nitrogens with one attached hydrogen (secondary N) is 1. The molecule has 0 amide bonds. The Balaban J connectivity index is 2.05. The normalized spacial score (nSPS) is 11.4. The van der Waals surface area contributed by atoms with Gasteiger partial charge in [-0.3, -0.25) is 5.10 Å². The van der Waals surface area contributed by atoms with E-state index in [1.165, 1.54) is 0 Å². The number of benzene rings is 1. The Morgan fingerprint density at radius 3 is 2.83 bits per heavy atom. The van der Waals surface area contributed by atoms with Crippen molar-refractivity contribution in [3.63, 3.8) is 0 Å². The Bertz CT molecular complexity index is 655. The molecule has 0 saturated heterocycles. The van der Waals surface area contributed by atoms with Crippen LogP contribution in [0.3, 0.4) is 0 Å². The van der Waals surface area contributed by atoms with Crippen LogP contribution in [0.25, 0.3) is 0 Å². The maximum Gasteiger partial charge on any atom is 0.282 e. The molecule has 2 aromatic rings. The minimum absolute atomic E-state index is 0.0306. The summed E-state index contributed by atoms with van der Waals surface area (Å²) in [5.41, 5.74) is 0. The molecule has 96 valence electrons. The molecule has 1 aromatic carbocycles. The van der Waals surface area contributed by atoms with E-state index in [1.807, 2.05) is 0 Å². The van der Waals surface area contributed by atoms with Crippen molar-refractivity contribution >= 4 is 21.6 Å². The van der Waals surface area contributed by atoms with Crippen molar-refractivity contribution in [1.29, 1.82) is 0 Å². The van der Waals surface area contributed by atoms with Crippen molar-refractivity contribution in [1.82, 2.24) is 15.2 Å². The van der Waals surface area contributed by atoms with Crippen LogP contribution in [0, 0.1) is 0 Å². The number of sulfonamides is 1. The number of nitrogens with two attached hydrogens (primary N) is 1. The molecular formula is C9H9ClN4O3S. The fourth-order valence-corrected chi connectivity index (χ4v) is 1.77. The number of hydrogen-bond donors (Lipinski definition) is 2. The Morgan fingerprint density at radius 2 is 2.22 bits per heavy atom. The van der Waals surface area contributed by atoms with E-state index in [4.69, 9.17) is 21.5 Å². The van der Waals surface area contributed by atoms with Gasteiger partial charge in [0.05, 0.1) is 0 Å². The van der Waals surface area contributed by atoms with Crippen molar-refractivity contribution < 1.29 is 13.2 Å². The average Bonchev–Trinajstić information content (AvgIpc) is 2.74. The van der Waals surface area contributed by atoms with E-state index in [1.54, 1.807) is 24.3 Å². The Hall–Kier alpha value is -1.64. The minimum Gasteiger partial charge on any atom is -0.486 e. The summed E-state index contributed by atoms with van der Waals surface area (Å²) >= 11 is 5.78. The highest BCUT2D eigenvalue weighted by Gasteiger charge is 2.14. The zero-order chi connectivity index (χ0) is 13.2. The fourth-order valence-electron chi connectivity index (χ4n) is 1.18. The molecule has 0 spiro atoms. The number of primary sulfonamides is 1. The van der Waals surface area contributed by atoms with Crippen molar-refractivity contribution in [3.8, 4) is 5.75 Å². The van der Waals surface area contributed by atoms with Crippen LogP contribution in [-0.2, 0) is 16.6 Å². The standard InChI is InChI=1S/C9H9ClN4O3S/c10-6-2-1-3-7(4-6)17-5-8-12-9(14-13-8)18(11,15)16/h1-4H,5H2,(H2,11,15,16)(H,12,13,14). The molecule has 0 atom stereocenters. The lowest BCUT2D eigenvalue weighted by Crippen LogP contribution is -2.14. The van der Waals surface area contributed by atoms with E-state index in [2.05, 4.69) is 15.2 Å². The molecule has 9 heteroatoms. The number of H-pyrrole nitrogens is 1. The summed E-state index contributed by atoms with van der Waals surface area (Å²) in [6.07, 6.45) is 0. The lowest BCUT2D eigenvalue weighted by Gasteiger charge is -2.03. The van der Waals surface area contributed by atoms with Gasteiger partial charge >= 0.3 is 0 Å². The van der Waals surface area contributed by atoms with Gasteiger partial charge in [-0.05, 0) is 18.2 Å². The third-order valence-electron chi connectivity index (χ3n) is 1.94. The summed E-state index contributed by atoms with van der Waals surface area (Å²) in [7, 11) is -3.90. The van der Waals surface area contributed by atoms with Gasteiger partial charge in [0.1, 0.15) is 12.4 Å². The van der Waals surface area contributed by atoms with Crippen LogP contribution in [-0.4, -0.2) is 23.6 Å². The predicted octanol–water partition coefficient (Wildman–Crippen LogP) is 0.685. The first-order chi connectivity index (χ1) is 8.45. The summed E-state index contributed by atoms with van der Waals surface area (Å²) in [5.74, 6) is 0.787. The maximum atomic E-state index is 10.9. The molecule has 2 rings (SSSR count). The molecule has 0 saturated carbocycles. The van der Waals surface area contributed by atoms with Gasteiger partial charge in [-0.1, -0.05) is 17.7 Å². The molecule has 1 heterocycles. The highest BCUT2D eigenvalue weighted by molar-refractivity contribution is 7.89. The summed E-state index contributed by atoms with van der Waals surface area (Å²) in [5, 5.41) is 10.8. The number of ether oxygens (including phenoxy) is 1. The third-order valence-corrected chi connectivity index (χ3v) is 2.86. The molecule has 3 N–H and O–H groups in total. The van der Waals surface area contributed by atoms with Crippen LogP contribution in [0.5, 0.6) is 5.75 Å². The van der Waals surface area contributed by atoms with Gasteiger partial charge in [0.2, 0.25) is 0 Å². The zero-order valence-corrected chi connectivity index (χ0v) is 10.6. The summed E-state index contributed by atoms with van der Waals surface area (Å²) < 4.78 is 27.2. The molecule has 18 heavy (non-hydrogen) atoms. The van der Waals surface area contributed by atoms with Crippen molar-refractivity contribution in [2.45, 2.75) is 11.8 Å². The van der Waals surface area contributed by atoms with Crippen LogP contribution in [0.4, 0.5) is 0 Å². The van der Waals surface area contributed by atoms with E-state index in [-0.39, 0.29) is 12.4 Å². The second-order valence-electron chi connectivity index (χ2n) is 3.36. The SMILES string of the molecule is NS(=O)(=O)c1n[nH]c(COc2cccc(Cl)c2)n1. The lowest BCUT2D eigenvalue weighted by molar-refractivity contribution is 0.296. The van der Waals surface area contributed by atoms with E-state index >= 15 is 0 Å². The number of aromatic nitrogens is 3. The second kappa shape index (κ2) is 4.92. The molecule has 0 bridgehead atoms. The molecule has 0 aliphatic rings. The molecule has 7 nitrogen and oxygen atoms in total. The molecule has 1 aromatic heterocycles. The topological polar surface area (TPSA) is 111 Å². The minimum atomic E-state index is -3.90. The fraction of sp³-hybridized carbons (Fsp3) is 0.111. The van der Waals surface area contributed by atoms with Crippen molar-refractivity contribution in [2.75, 3.05) is 0 Å². The molecule has 0 radical (unpaired) electrons. The first-order valence-electron chi connectivity index (χ1n) is 4.77. The van der Waals surface area contributed by atoms with E-state index in [0.29, 0.717) is 10.8 Å². The molecule has 0 aliphatic heterocycles. The monoisotopic (exact) mass is 288 g/mol. The van der Waals surface area contributed by atoms with Gasteiger partial charge in [0.15, 0.2) is 5.82 Å². The van der Waals surface area contributed by atoms with Gasteiger partial charge in [0.25, 0.3) is 15.2 Å². The van der Waals surface area contributed by atoms with Gasteiger partial charge in [-0.15, -0.1) is 5.10 Å². The Labute approximate surface area is 108 Å². The van der Waals surface area contributed by atoms with E-state index in [9.17, 15) is 8.42 Å².